The first kappa shape index (κ1) is 13.5. The molecule has 1 aliphatic rings. The van der Waals surface area contributed by atoms with Gasteiger partial charge < -0.3 is 5.32 Å². The second-order valence-corrected chi connectivity index (χ2v) is 5.49. The highest BCUT2D eigenvalue weighted by molar-refractivity contribution is 9.10. The molecular weight excluding hydrogens is 335 g/mol. The molecule has 3 rings (SSSR count). The fourth-order valence-corrected chi connectivity index (χ4v) is 2.84. The van der Waals surface area contributed by atoms with Crippen molar-refractivity contribution in [3.63, 3.8) is 0 Å². The maximum atomic E-state index is 12.8. The first-order chi connectivity index (χ1) is 9.47. The molecule has 0 bridgehead atoms. The van der Waals surface area contributed by atoms with E-state index < -0.39 is 11.7 Å². The first-order valence-electron chi connectivity index (χ1n) is 6.11. The first-order valence-corrected chi connectivity index (χ1v) is 6.90. The topological polar surface area (TPSA) is 29.9 Å². The molecule has 0 spiro atoms. The maximum Gasteiger partial charge on any atom is 0.416 e. The standard InChI is InChI=1S/C13H11BrF3N3/c14-10-7-19-20-11(4-5-18-12(10)20)8-2-1-3-9(6-8)13(15,16)17/h1-3,6-7,11,18H,4-5H2. The smallest absolute Gasteiger partial charge is 0.369 e. The van der Waals surface area contributed by atoms with Crippen molar-refractivity contribution < 1.29 is 13.2 Å². The van der Waals surface area contributed by atoms with Crippen molar-refractivity contribution in [2.45, 2.75) is 18.6 Å². The zero-order valence-corrected chi connectivity index (χ0v) is 11.9. The summed E-state index contributed by atoms with van der Waals surface area (Å²) in [6.07, 6.45) is -1.98. The van der Waals surface area contributed by atoms with Crippen molar-refractivity contribution in [1.29, 1.82) is 0 Å². The lowest BCUT2D eigenvalue weighted by molar-refractivity contribution is -0.137. The van der Waals surface area contributed by atoms with Gasteiger partial charge in [0.2, 0.25) is 0 Å². The zero-order chi connectivity index (χ0) is 14.3. The van der Waals surface area contributed by atoms with Crippen LogP contribution in [0.15, 0.2) is 34.9 Å². The summed E-state index contributed by atoms with van der Waals surface area (Å²) in [6, 6.07) is 5.27. The van der Waals surface area contributed by atoms with Crippen LogP contribution in [0.5, 0.6) is 0 Å². The molecule has 1 aliphatic heterocycles. The van der Waals surface area contributed by atoms with Crippen LogP contribution < -0.4 is 5.32 Å². The highest BCUT2D eigenvalue weighted by Crippen LogP contribution is 2.36. The number of fused-ring (bicyclic) bond motifs is 1. The van der Waals surface area contributed by atoms with Gasteiger partial charge in [0.25, 0.3) is 0 Å². The van der Waals surface area contributed by atoms with E-state index in [9.17, 15) is 13.2 Å². The number of rotatable bonds is 1. The highest BCUT2D eigenvalue weighted by atomic mass is 79.9. The quantitative estimate of drug-likeness (QED) is 0.844. The van der Waals surface area contributed by atoms with Crippen LogP contribution in [0.2, 0.25) is 0 Å². The minimum Gasteiger partial charge on any atom is -0.369 e. The van der Waals surface area contributed by atoms with Gasteiger partial charge in [-0.1, -0.05) is 12.1 Å². The minimum atomic E-state index is -4.32. The van der Waals surface area contributed by atoms with E-state index in [-0.39, 0.29) is 6.04 Å². The largest absolute Gasteiger partial charge is 0.416 e. The third kappa shape index (κ3) is 2.30. The Kier molecular flexibility index (Phi) is 3.24. The summed E-state index contributed by atoms with van der Waals surface area (Å²) in [5.41, 5.74) is -0.000482. The van der Waals surface area contributed by atoms with Gasteiger partial charge in [0.05, 0.1) is 22.3 Å². The molecule has 106 valence electrons. The van der Waals surface area contributed by atoms with Crippen molar-refractivity contribution in [2.75, 3.05) is 11.9 Å². The van der Waals surface area contributed by atoms with Gasteiger partial charge in [0.1, 0.15) is 5.82 Å². The molecule has 1 N–H and O–H groups in total. The number of anilines is 1. The number of alkyl halides is 3. The van der Waals surface area contributed by atoms with E-state index in [0.717, 1.165) is 16.4 Å². The number of nitrogens with one attached hydrogen (secondary N) is 1. The van der Waals surface area contributed by atoms with Gasteiger partial charge in [-0.05, 0) is 40.0 Å². The molecule has 1 aromatic carbocycles. The Hall–Kier alpha value is -1.50. The predicted octanol–water partition coefficient (Wildman–Crippen LogP) is 4.07. The summed E-state index contributed by atoms with van der Waals surface area (Å²) in [7, 11) is 0. The summed E-state index contributed by atoms with van der Waals surface area (Å²) < 4.78 is 40.9. The third-order valence-electron chi connectivity index (χ3n) is 3.35. The van der Waals surface area contributed by atoms with Gasteiger partial charge >= 0.3 is 6.18 Å². The average Bonchev–Trinajstić information content (AvgIpc) is 2.80. The molecule has 0 amide bonds. The van der Waals surface area contributed by atoms with Crippen molar-refractivity contribution >= 4 is 21.7 Å². The summed E-state index contributed by atoms with van der Waals surface area (Å²) in [5, 5.41) is 7.42. The molecule has 1 unspecified atom stereocenters. The number of aromatic nitrogens is 2. The Morgan fingerprint density at radius 1 is 1.35 bits per heavy atom. The molecule has 1 aromatic heterocycles. The lowest BCUT2D eigenvalue weighted by atomic mass is 10.00. The number of halogens is 4. The molecule has 0 saturated carbocycles. The second-order valence-electron chi connectivity index (χ2n) is 4.64. The minimum absolute atomic E-state index is 0.181. The summed E-state index contributed by atoms with van der Waals surface area (Å²) >= 11 is 3.37. The molecule has 2 heterocycles. The van der Waals surface area contributed by atoms with Gasteiger partial charge in [-0.25, -0.2) is 4.68 Å². The number of hydrogen-bond donors (Lipinski definition) is 1. The molecule has 7 heteroatoms. The van der Waals surface area contributed by atoms with Crippen LogP contribution in [0.3, 0.4) is 0 Å². The monoisotopic (exact) mass is 345 g/mol. The van der Waals surface area contributed by atoms with Crippen molar-refractivity contribution in [3.05, 3.63) is 46.1 Å². The summed E-state index contributed by atoms with van der Waals surface area (Å²) in [6.45, 7) is 0.700. The molecule has 2 aromatic rings. The van der Waals surface area contributed by atoms with Crippen molar-refractivity contribution in [3.8, 4) is 0 Å². The Bertz CT molecular complexity index is 636. The lowest BCUT2D eigenvalue weighted by Crippen LogP contribution is -2.24. The van der Waals surface area contributed by atoms with Crippen molar-refractivity contribution in [2.24, 2.45) is 0 Å². The Morgan fingerprint density at radius 3 is 2.90 bits per heavy atom. The SMILES string of the molecule is FC(F)(F)c1cccc(C2CCNc3c(Br)cnn32)c1. The van der Waals surface area contributed by atoms with Crippen LogP contribution in [0, 0.1) is 0 Å². The van der Waals surface area contributed by atoms with Gasteiger partial charge in [-0.15, -0.1) is 0 Å². The predicted molar refractivity (Wildman–Crippen MR) is 72.6 cm³/mol. The highest BCUT2D eigenvalue weighted by Gasteiger charge is 2.32. The van der Waals surface area contributed by atoms with Gasteiger partial charge in [0.15, 0.2) is 0 Å². The van der Waals surface area contributed by atoms with Crippen LogP contribution in [0.4, 0.5) is 19.0 Å². The van der Waals surface area contributed by atoms with Crippen LogP contribution in [0.25, 0.3) is 0 Å². The average molecular weight is 346 g/mol. The van der Waals surface area contributed by atoms with Gasteiger partial charge in [-0.2, -0.15) is 18.3 Å². The molecule has 1 atom stereocenters. The summed E-state index contributed by atoms with van der Waals surface area (Å²) in [4.78, 5) is 0. The van der Waals surface area contributed by atoms with E-state index in [1.165, 1.54) is 12.1 Å². The Morgan fingerprint density at radius 2 is 2.15 bits per heavy atom. The Balaban J connectivity index is 2.02. The molecule has 3 nitrogen and oxygen atoms in total. The van der Waals surface area contributed by atoms with E-state index >= 15 is 0 Å². The van der Waals surface area contributed by atoms with Gasteiger partial charge in [0, 0.05) is 6.54 Å². The number of benzene rings is 1. The number of hydrogen-bond acceptors (Lipinski definition) is 2. The van der Waals surface area contributed by atoms with E-state index in [2.05, 4.69) is 26.3 Å². The van der Waals surface area contributed by atoms with E-state index in [0.29, 0.717) is 18.5 Å². The van der Waals surface area contributed by atoms with E-state index in [1.54, 1.807) is 16.9 Å². The molecule has 0 fully saturated rings. The fourth-order valence-electron chi connectivity index (χ4n) is 2.42. The van der Waals surface area contributed by atoms with E-state index in [4.69, 9.17) is 0 Å². The van der Waals surface area contributed by atoms with Crippen LogP contribution in [-0.2, 0) is 6.18 Å². The Labute approximate surface area is 121 Å². The maximum absolute atomic E-state index is 12.8. The van der Waals surface area contributed by atoms with E-state index in [1.807, 2.05) is 0 Å². The fraction of sp³-hybridized carbons (Fsp3) is 0.308. The van der Waals surface area contributed by atoms with Crippen LogP contribution in [0.1, 0.15) is 23.6 Å². The molecule has 0 aliphatic carbocycles. The molecule has 0 radical (unpaired) electrons. The number of nitrogens with zero attached hydrogens (tertiary/aromatic N) is 2. The van der Waals surface area contributed by atoms with Crippen molar-refractivity contribution in [1.82, 2.24) is 9.78 Å². The molecular formula is C13H11BrF3N3. The molecule has 20 heavy (non-hydrogen) atoms. The second kappa shape index (κ2) is 4.80. The van der Waals surface area contributed by atoms with Gasteiger partial charge in [-0.3, -0.25) is 0 Å². The normalized spacial score (nSPS) is 18.5. The van der Waals surface area contributed by atoms with Crippen LogP contribution >= 0.6 is 15.9 Å². The zero-order valence-electron chi connectivity index (χ0n) is 10.3. The molecule has 0 saturated heterocycles. The third-order valence-corrected chi connectivity index (χ3v) is 3.94. The lowest BCUT2D eigenvalue weighted by Gasteiger charge is -2.26. The summed E-state index contributed by atoms with van der Waals surface area (Å²) in [5.74, 6) is 0.804. The van der Waals surface area contributed by atoms with Crippen LogP contribution in [-0.4, -0.2) is 16.3 Å².